The maximum atomic E-state index is 14.2. The number of unbranched alkanes of at least 4 members (excludes halogenated alkanes) is 2. The Labute approximate surface area is 232 Å². The van der Waals surface area contributed by atoms with Crippen LogP contribution < -0.4 is 0 Å². The van der Waals surface area contributed by atoms with Crippen molar-refractivity contribution >= 4 is 33.7 Å². The smallest absolute Gasteiger partial charge is 0.312 e. The molecule has 3 aliphatic rings. The Kier molecular flexibility index (Phi) is 9.44. The maximum absolute atomic E-state index is 14.2. The summed E-state index contributed by atoms with van der Waals surface area (Å²) in [7, 11) is 0. The van der Waals surface area contributed by atoms with Gasteiger partial charge in [-0.1, -0.05) is 58.4 Å². The number of carbonyl (C=O) groups excluding carboxylic acids is 3. The fourth-order valence-electron chi connectivity index (χ4n) is 6.18. The number of aliphatic hydroxyl groups excluding tert-OH is 1. The van der Waals surface area contributed by atoms with E-state index in [0.717, 1.165) is 18.4 Å². The quantitative estimate of drug-likeness (QED) is 0.155. The van der Waals surface area contributed by atoms with Gasteiger partial charge in [-0.2, -0.15) is 0 Å². The number of hydrogen-bond donors (Lipinski definition) is 1. The van der Waals surface area contributed by atoms with Gasteiger partial charge in [0.1, 0.15) is 11.6 Å². The zero-order valence-electron chi connectivity index (χ0n) is 21.7. The molecule has 9 heteroatoms. The molecule has 0 aliphatic carbocycles. The molecule has 0 saturated carbocycles. The molecule has 2 amide bonds. The van der Waals surface area contributed by atoms with Gasteiger partial charge in [-0.05, 0) is 37.7 Å². The lowest BCUT2D eigenvalue weighted by Crippen LogP contribution is -2.56. The van der Waals surface area contributed by atoms with Crippen LogP contribution in [0.15, 0.2) is 55.6 Å². The third kappa shape index (κ3) is 5.33. The van der Waals surface area contributed by atoms with Crippen molar-refractivity contribution in [1.29, 1.82) is 0 Å². The van der Waals surface area contributed by atoms with Gasteiger partial charge in [0.25, 0.3) is 0 Å². The van der Waals surface area contributed by atoms with Crippen LogP contribution in [0.5, 0.6) is 0 Å². The van der Waals surface area contributed by atoms with Crippen molar-refractivity contribution in [2.24, 2.45) is 11.8 Å². The minimum atomic E-state index is -1.15. The summed E-state index contributed by atoms with van der Waals surface area (Å²) in [6.07, 6.45) is 6.09. The van der Waals surface area contributed by atoms with E-state index in [0.29, 0.717) is 32.4 Å². The van der Waals surface area contributed by atoms with E-state index in [-0.39, 0.29) is 36.4 Å². The standard InChI is InChI=1S/C29H37BrN2O6/c1-3-5-6-10-17-37-28(36)22-23-26(34)32(15-11-16-33)25(29(23)18-21(30)24(22)38-29)27(35)31(14-4-2)19-20-12-8-7-9-13-20/h3-4,7-9,12-13,21-25,33H,1-2,5-6,10-11,14-19H2/t21?,22-,23-,24-,25?,29?/m0/s1. The molecule has 38 heavy (non-hydrogen) atoms. The SMILES string of the molecule is C=CCCCCOC(=O)[C@H]1[C@H]2C(=O)N(CCCO)C(C(=O)N(CC=C)Cc3ccccc3)C23CC(Br)[C@@H]1O3. The van der Waals surface area contributed by atoms with E-state index in [1.54, 1.807) is 11.0 Å². The van der Waals surface area contributed by atoms with Crippen molar-refractivity contribution in [2.45, 2.75) is 61.2 Å². The number of hydrogen-bond acceptors (Lipinski definition) is 6. The first-order valence-corrected chi connectivity index (χ1v) is 14.3. The average molecular weight is 590 g/mol. The molecule has 1 aromatic carbocycles. The summed E-state index contributed by atoms with van der Waals surface area (Å²) in [6, 6.07) is 8.72. The van der Waals surface area contributed by atoms with Gasteiger partial charge in [0, 0.05) is 31.1 Å². The Morgan fingerprint density at radius 3 is 2.66 bits per heavy atom. The first-order valence-electron chi connectivity index (χ1n) is 13.3. The van der Waals surface area contributed by atoms with Crippen molar-refractivity contribution in [3.05, 3.63) is 61.2 Å². The van der Waals surface area contributed by atoms with Crippen LogP contribution in [0.3, 0.4) is 0 Å². The molecule has 0 radical (unpaired) electrons. The monoisotopic (exact) mass is 588 g/mol. The Hall–Kier alpha value is -2.49. The van der Waals surface area contributed by atoms with E-state index < -0.39 is 35.6 Å². The van der Waals surface area contributed by atoms with Gasteiger partial charge >= 0.3 is 5.97 Å². The van der Waals surface area contributed by atoms with Crippen LogP contribution in [0.1, 0.15) is 37.7 Å². The molecule has 1 aromatic rings. The highest BCUT2D eigenvalue weighted by Crippen LogP contribution is 2.60. The van der Waals surface area contributed by atoms with Gasteiger partial charge in [-0.25, -0.2) is 0 Å². The molecule has 1 N–H and O–H groups in total. The normalized spacial score (nSPS) is 29.3. The van der Waals surface area contributed by atoms with E-state index in [4.69, 9.17) is 9.47 Å². The number of fused-ring (bicyclic) bond motifs is 1. The summed E-state index contributed by atoms with van der Waals surface area (Å²) >= 11 is 3.67. The van der Waals surface area contributed by atoms with Gasteiger partial charge in [-0.15, -0.1) is 13.2 Å². The molecule has 3 unspecified atom stereocenters. The Balaban J connectivity index is 1.63. The Bertz CT molecular complexity index is 1040. The molecule has 206 valence electrons. The van der Waals surface area contributed by atoms with Gasteiger partial charge in [0.15, 0.2) is 0 Å². The van der Waals surface area contributed by atoms with Crippen LogP contribution in [0.25, 0.3) is 0 Å². The number of rotatable bonds is 14. The van der Waals surface area contributed by atoms with E-state index in [2.05, 4.69) is 29.1 Å². The van der Waals surface area contributed by atoms with Crippen molar-refractivity contribution < 1.29 is 29.0 Å². The van der Waals surface area contributed by atoms with Crippen LogP contribution in [-0.4, -0.2) is 81.6 Å². The molecular formula is C29H37BrN2O6. The molecule has 4 rings (SSSR count). The van der Waals surface area contributed by atoms with E-state index in [1.165, 1.54) is 4.90 Å². The lowest BCUT2D eigenvalue weighted by atomic mass is 9.70. The molecule has 0 aromatic heterocycles. The average Bonchev–Trinajstić information content (AvgIpc) is 3.50. The van der Waals surface area contributed by atoms with Crippen LogP contribution >= 0.6 is 15.9 Å². The number of alkyl halides is 1. The predicted octanol–water partition coefficient (Wildman–Crippen LogP) is 3.23. The van der Waals surface area contributed by atoms with E-state index in [1.807, 2.05) is 36.4 Å². The highest BCUT2D eigenvalue weighted by atomic mass is 79.9. The highest BCUT2D eigenvalue weighted by Gasteiger charge is 2.77. The predicted molar refractivity (Wildman–Crippen MR) is 146 cm³/mol. The second-order valence-electron chi connectivity index (χ2n) is 10.2. The number of esters is 1. The van der Waals surface area contributed by atoms with Crippen LogP contribution in [-0.2, 0) is 30.4 Å². The summed E-state index contributed by atoms with van der Waals surface area (Å²) in [5.41, 5.74) is -0.193. The minimum Gasteiger partial charge on any atom is -0.465 e. The fraction of sp³-hybridized carbons (Fsp3) is 0.552. The van der Waals surface area contributed by atoms with Crippen molar-refractivity contribution in [3.63, 3.8) is 0 Å². The first-order chi connectivity index (χ1) is 18.4. The minimum absolute atomic E-state index is 0.122. The molecule has 3 fully saturated rings. The summed E-state index contributed by atoms with van der Waals surface area (Å²) in [5.74, 6) is -2.60. The van der Waals surface area contributed by atoms with Gasteiger partial charge in [0.2, 0.25) is 11.8 Å². The molecule has 3 heterocycles. The summed E-state index contributed by atoms with van der Waals surface area (Å²) < 4.78 is 12.1. The second kappa shape index (κ2) is 12.6. The summed E-state index contributed by atoms with van der Waals surface area (Å²) in [5, 5.41) is 9.53. The topological polar surface area (TPSA) is 96.4 Å². The Morgan fingerprint density at radius 1 is 1.21 bits per heavy atom. The maximum Gasteiger partial charge on any atom is 0.312 e. The lowest BCUT2D eigenvalue weighted by molar-refractivity contribution is -0.155. The molecule has 1 spiro atoms. The molecule has 2 bridgehead atoms. The largest absolute Gasteiger partial charge is 0.465 e. The fourth-order valence-corrected chi connectivity index (χ4v) is 7.13. The molecule has 8 nitrogen and oxygen atoms in total. The summed E-state index contributed by atoms with van der Waals surface area (Å²) in [6.45, 7) is 8.52. The number of aliphatic hydroxyl groups is 1. The third-order valence-electron chi connectivity index (χ3n) is 7.78. The van der Waals surface area contributed by atoms with Crippen molar-refractivity contribution in [2.75, 3.05) is 26.3 Å². The highest BCUT2D eigenvalue weighted by molar-refractivity contribution is 9.09. The second-order valence-corrected chi connectivity index (χ2v) is 11.4. The first kappa shape index (κ1) is 28.5. The number of halogens is 1. The third-order valence-corrected chi connectivity index (χ3v) is 8.62. The number of ether oxygens (including phenoxy) is 2. The van der Waals surface area contributed by atoms with Crippen LogP contribution in [0.4, 0.5) is 0 Å². The van der Waals surface area contributed by atoms with Gasteiger partial charge in [-0.3, -0.25) is 14.4 Å². The van der Waals surface area contributed by atoms with E-state index >= 15 is 0 Å². The molecule has 6 atom stereocenters. The van der Waals surface area contributed by atoms with Crippen molar-refractivity contribution in [3.8, 4) is 0 Å². The molecule has 3 aliphatic heterocycles. The van der Waals surface area contributed by atoms with Gasteiger partial charge < -0.3 is 24.4 Å². The zero-order valence-corrected chi connectivity index (χ0v) is 23.3. The lowest BCUT2D eigenvalue weighted by Gasteiger charge is -2.37. The van der Waals surface area contributed by atoms with Crippen molar-refractivity contribution in [1.82, 2.24) is 9.80 Å². The van der Waals surface area contributed by atoms with Crippen LogP contribution in [0, 0.1) is 11.8 Å². The number of allylic oxidation sites excluding steroid dienone is 1. The molecule has 3 saturated heterocycles. The number of carbonyl (C=O) groups is 3. The molecular weight excluding hydrogens is 552 g/mol. The number of nitrogens with zero attached hydrogens (tertiary/aromatic N) is 2. The zero-order chi connectivity index (χ0) is 27.3. The Morgan fingerprint density at radius 2 is 1.97 bits per heavy atom. The summed E-state index contributed by atoms with van der Waals surface area (Å²) in [4.78, 5) is 44.5. The number of amides is 2. The van der Waals surface area contributed by atoms with Gasteiger partial charge in [0.05, 0.1) is 24.5 Å². The number of likely N-dealkylation sites (tertiary alicyclic amines) is 1. The van der Waals surface area contributed by atoms with E-state index in [9.17, 15) is 19.5 Å². The number of benzene rings is 1. The van der Waals surface area contributed by atoms with Crippen LogP contribution in [0.2, 0.25) is 0 Å².